The SMILES string of the molecule is N#Cc1ccccc1NC(=O)Cc1ccc(N)cc1. The molecule has 19 heavy (non-hydrogen) atoms. The molecule has 0 aliphatic carbocycles. The van der Waals surface area contributed by atoms with Crippen molar-refractivity contribution in [3.63, 3.8) is 0 Å². The lowest BCUT2D eigenvalue weighted by atomic mass is 10.1. The number of carbonyl (C=O) groups is 1. The van der Waals surface area contributed by atoms with Crippen LogP contribution in [0.4, 0.5) is 11.4 Å². The number of hydrogen-bond acceptors (Lipinski definition) is 3. The number of carbonyl (C=O) groups excluding carboxylic acids is 1. The van der Waals surface area contributed by atoms with Crippen LogP contribution in [-0.4, -0.2) is 5.91 Å². The largest absolute Gasteiger partial charge is 0.399 e. The van der Waals surface area contributed by atoms with Crippen molar-refractivity contribution in [1.29, 1.82) is 5.26 Å². The second-order valence-corrected chi connectivity index (χ2v) is 4.12. The van der Waals surface area contributed by atoms with Crippen molar-refractivity contribution in [3.05, 3.63) is 59.7 Å². The summed E-state index contributed by atoms with van der Waals surface area (Å²) in [6.45, 7) is 0. The summed E-state index contributed by atoms with van der Waals surface area (Å²) in [4.78, 5) is 11.9. The molecule has 0 aliphatic heterocycles. The molecule has 0 spiro atoms. The monoisotopic (exact) mass is 251 g/mol. The topological polar surface area (TPSA) is 78.9 Å². The molecular weight excluding hydrogens is 238 g/mol. The zero-order valence-corrected chi connectivity index (χ0v) is 10.3. The third kappa shape index (κ3) is 3.33. The molecule has 1 amide bonds. The van der Waals surface area contributed by atoms with Gasteiger partial charge in [-0.3, -0.25) is 4.79 Å². The third-order valence-corrected chi connectivity index (χ3v) is 2.67. The summed E-state index contributed by atoms with van der Waals surface area (Å²) in [5, 5.41) is 11.7. The van der Waals surface area contributed by atoms with Crippen molar-refractivity contribution < 1.29 is 4.79 Å². The average Bonchev–Trinajstić information content (AvgIpc) is 2.42. The fraction of sp³-hybridized carbons (Fsp3) is 0.0667. The number of rotatable bonds is 3. The van der Waals surface area contributed by atoms with Gasteiger partial charge in [-0.25, -0.2) is 0 Å². The second-order valence-electron chi connectivity index (χ2n) is 4.12. The van der Waals surface area contributed by atoms with Gasteiger partial charge >= 0.3 is 0 Å². The van der Waals surface area contributed by atoms with E-state index < -0.39 is 0 Å². The van der Waals surface area contributed by atoms with Crippen LogP contribution < -0.4 is 11.1 Å². The predicted molar refractivity (Wildman–Crippen MR) is 74.3 cm³/mol. The number of para-hydroxylation sites is 1. The highest BCUT2D eigenvalue weighted by atomic mass is 16.1. The van der Waals surface area contributed by atoms with E-state index in [-0.39, 0.29) is 12.3 Å². The van der Waals surface area contributed by atoms with Crippen LogP contribution in [0.25, 0.3) is 0 Å². The number of nitrogens with two attached hydrogens (primary N) is 1. The van der Waals surface area contributed by atoms with Crippen molar-refractivity contribution >= 4 is 17.3 Å². The molecule has 0 atom stereocenters. The van der Waals surface area contributed by atoms with Crippen molar-refractivity contribution in [1.82, 2.24) is 0 Å². The Labute approximate surface area is 111 Å². The summed E-state index contributed by atoms with van der Waals surface area (Å²) in [6.07, 6.45) is 0.250. The van der Waals surface area contributed by atoms with Gasteiger partial charge in [-0.15, -0.1) is 0 Å². The minimum atomic E-state index is -0.160. The Morgan fingerprint density at radius 2 is 1.84 bits per heavy atom. The normalized spacial score (nSPS) is 9.63. The van der Waals surface area contributed by atoms with Gasteiger partial charge in [-0.1, -0.05) is 24.3 Å². The van der Waals surface area contributed by atoms with Gasteiger partial charge in [0.25, 0.3) is 0 Å². The van der Waals surface area contributed by atoms with E-state index >= 15 is 0 Å². The number of anilines is 2. The Morgan fingerprint density at radius 1 is 1.16 bits per heavy atom. The summed E-state index contributed by atoms with van der Waals surface area (Å²) >= 11 is 0. The van der Waals surface area contributed by atoms with E-state index in [0.717, 1.165) is 5.56 Å². The Morgan fingerprint density at radius 3 is 2.53 bits per heavy atom. The zero-order valence-electron chi connectivity index (χ0n) is 10.3. The highest BCUT2D eigenvalue weighted by Crippen LogP contribution is 2.14. The van der Waals surface area contributed by atoms with Gasteiger partial charge in [-0.2, -0.15) is 5.26 Å². The van der Waals surface area contributed by atoms with Crippen molar-refractivity contribution in [2.24, 2.45) is 0 Å². The molecule has 0 saturated heterocycles. The van der Waals surface area contributed by atoms with Crippen molar-refractivity contribution in [2.75, 3.05) is 11.1 Å². The number of hydrogen-bond donors (Lipinski definition) is 2. The first-order chi connectivity index (χ1) is 9.19. The van der Waals surface area contributed by atoms with E-state index in [4.69, 9.17) is 11.0 Å². The average molecular weight is 251 g/mol. The fourth-order valence-corrected chi connectivity index (χ4v) is 1.70. The van der Waals surface area contributed by atoms with Crippen LogP contribution in [0.1, 0.15) is 11.1 Å². The van der Waals surface area contributed by atoms with Gasteiger partial charge in [-0.05, 0) is 29.8 Å². The van der Waals surface area contributed by atoms with Crippen LogP contribution in [0, 0.1) is 11.3 Å². The molecule has 0 aromatic heterocycles. The number of nitrogens with zero attached hydrogens (tertiary/aromatic N) is 1. The van der Waals surface area contributed by atoms with Gasteiger partial charge in [0.05, 0.1) is 17.7 Å². The molecule has 0 heterocycles. The lowest BCUT2D eigenvalue weighted by molar-refractivity contribution is -0.115. The zero-order chi connectivity index (χ0) is 13.7. The van der Waals surface area contributed by atoms with Crippen LogP contribution in [0.2, 0.25) is 0 Å². The Bertz CT molecular complexity index is 627. The number of benzene rings is 2. The van der Waals surface area contributed by atoms with Crippen LogP contribution in [0.15, 0.2) is 48.5 Å². The first-order valence-electron chi connectivity index (χ1n) is 5.82. The van der Waals surface area contributed by atoms with E-state index in [9.17, 15) is 4.79 Å². The smallest absolute Gasteiger partial charge is 0.228 e. The minimum absolute atomic E-state index is 0.160. The Balaban J connectivity index is 2.06. The van der Waals surface area contributed by atoms with Gasteiger partial charge in [0, 0.05) is 5.69 Å². The molecule has 2 rings (SSSR count). The third-order valence-electron chi connectivity index (χ3n) is 2.67. The molecule has 4 nitrogen and oxygen atoms in total. The molecule has 0 aliphatic rings. The lowest BCUT2D eigenvalue weighted by Crippen LogP contribution is -2.15. The van der Waals surface area contributed by atoms with Crippen molar-refractivity contribution in [3.8, 4) is 6.07 Å². The van der Waals surface area contributed by atoms with Gasteiger partial charge < -0.3 is 11.1 Å². The molecular formula is C15H13N3O. The summed E-state index contributed by atoms with van der Waals surface area (Å²) in [6, 6.07) is 16.1. The van der Waals surface area contributed by atoms with Crippen LogP contribution >= 0.6 is 0 Å². The molecule has 94 valence electrons. The maximum Gasteiger partial charge on any atom is 0.228 e. The first-order valence-corrected chi connectivity index (χ1v) is 5.82. The van der Waals surface area contributed by atoms with Gasteiger partial charge in [0.2, 0.25) is 5.91 Å². The molecule has 0 saturated carbocycles. The van der Waals surface area contributed by atoms with Gasteiger partial charge in [0.1, 0.15) is 6.07 Å². The summed E-state index contributed by atoms with van der Waals surface area (Å²) in [5.41, 5.74) is 8.11. The number of nitriles is 1. The van der Waals surface area contributed by atoms with Crippen molar-refractivity contribution in [2.45, 2.75) is 6.42 Å². The lowest BCUT2D eigenvalue weighted by Gasteiger charge is -2.07. The molecule has 2 aromatic carbocycles. The van der Waals surface area contributed by atoms with Crippen LogP contribution in [0.5, 0.6) is 0 Å². The molecule has 0 fully saturated rings. The highest BCUT2D eigenvalue weighted by Gasteiger charge is 2.07. The van der Waals surface area contributed by atoms with Crippen LogP contribution in [0.3, 0.4) is 0 Å². The highest BCUT2D eigenvalue weighted by molar-refractivity contribution is 5.93. The second kappa shape index (κ2) is 5.69. The van der Waals surface area contributed by atoms with E-state index in [0.29, 0.717) is 16.9 Å². The summed E-state index contributed by atoms with van der Waals surface area (Å²) in [5.74, 6) is -0.160. The van der Waals surface area contributed by atoms with E-state index in [1.807, 2.05) is 18.2 Å². The number of nitrogens with one attached hydrogen (secondary N) is 1. The van der Waals surface area contributed by atoms with E-state index in [1.54, 1.807) is 36.4 Å². The maximum absolute atomic E-state index is 11.9. The minimum Gasteiger partial charge on any atom is -0.399 e. The standard InChI is InChI=1S/C15H13N3O/c16-10-12-3-1-2-4-14(12)18-15(19)9-11-5-7-13(17)8-6-11/h1-8H,9,17H2,(H,18,19). The maximum atomic E-state index is 11.9. The number of amides is 1. The Hall–Kier alpha value is -2.80. The van der Waals surface area contributed by atoms with Gasteiger partial charge in [0.15, 0.2) is 0 Å². The molecule has 2 aromatic rings. The molecule has 0 radical (unpaired) electrons. The quantitative estimate of drug-likeness (QED) is 0.821. The Kier molecular flexibility index (Phi) is 3.79. The first kappa shape index (κ1) is 12.7. The van der Waals surface area contributed by atoms with Crippen LogP contribution in [-0.2, 0) is 11.2 Å². The number of nitrogen functional groups attached to an aromatic ring is 1. The predicted octanol–water partition coefficient (Wildman–Crippen LogP) is 2.32. The summed E-state index contributed by atoms with van der Waals surface area (Å²) < 4.78 is 0. The molecule has 4 heteroatoms. The fourth-order valence-electron chi connectivity index (χ4n) is 1.70. The van der Waals surface area contributed by atoms with E-state index in [1.165, 1.54) is 0 Å². The molecule has 0 unspecified atom stereocenters. The molecule has 3 N–H and O–H groups in total. The summed E-state index contributed by atoms with van der Waals surface area (Å²) in [7, 11) is 0. The molecule has 0 bridgehead atoms. The van der Waals surface area contributed by atoms with E-state index in [2.05, 4.69) is 5.32 Å².